The number of carbonyl (C=O) groups excluding carboxylic acids is 1. The maximum absolute atomic E-state index is 12.7. The average molecular weight is 379 g/mol. The molecule has 4 bridgehead atoms. The molecule has 2 aromatic rings. The number of para-hydroxylation sites is 1. The van der Waals surface area contributed by atoms with Gasteiger partial charge in [-0.15, -0.1) is 0 Å². The highest BCUT2D eigenvalue weighted by Crippen LogP contribution is 2.59. The second kappa shape index (κ2) is 6.64. The van der Waals surface area contributed by atoms with Crippen LogP contribution in [-0.2, 0) is 0 Å². The molecule has 2 amide bonds. The molecule has 4 aliphatic carbocycles. The number of amides is 2. The standard InChI is InChI=1S/C23H30N4O/c1-15-21(16(2)27(26-15)20-6-4-3-5-7-20)25-22(28)24-14-23-11-17-8-18(12-23)10-19(9-17)13-23/h3-7,17-19H,8-14H2,1-2H3,(H2,24,25,28). The quantitative estimate of drug-likeness (QED) is 0.801. The van der Waals surface area contributed by atoms with Gasteiger partial charge in [-0.25, -0.2) is 9.48 Å². The lowest BCUT2D eigenvalue weighted by molar-refractivity contribution is -0.0496. The van der Waals surface area contributed by atoms with Gasteiger partial charge in [-0.05, 0) is 87.7 Å². The van der Waals surface area contributed by atoms with Crippen LogP contribution in [0.3, 0.4) is 0 Å². The zero-order valence-electron chi connectivity index (χ0n) is 16.9. The predicted octanol–water partition coefficient (Wildman–Crippen LogP) is 4.83. The molecule has 6 rings (SSSR count). The molecule has 1 aromatic heterocycles. The highest BCUT2D eigenvalue weighted by atomic mass is 16.2. The third kappa shape index (κ3) is 3.11. The van der Waals surface area contributed by atoms with Gasteiger partial charge in [-0.3, -0.25) is 0 Å². The third-order valence-corrected chi connectivity index (χ3v) is 7.32. The Hall–Kier alpha value is -2.30. The van der Waals surface area contributed by atoms with E-state index >= 15 is 0 Å². The number of hydrogen-bond acceptors (Lipinski definition) is 2. The number of hydrogen-bond donors (Lipinski definition) is 2. The summed E-state index contributed by atoms with van der Waals surface area (Å²) < 4.78 is 1.89. The largest absolute Gasteiger partial charge is 0.337 e. The van der Waals surface area contributed by atoms with Gasteiger partial charge in [-0.1, -0.05) is 18.2 Å². The summed E-state index contributed by atoms with van der Waals surface area (Å²) in [5.41, 5.74) is 3.96. The fourth-order valence-electron chi connectivity index (χ4n) is 6.58. The Bertz CT molecular complexity index is 850. The molecule has 2 N–H and O–H groups in total. The van der Waals surface area contributed by atoms with Crippen molar-refractivity contribution in [3.63, 3.8) is 0 Å². The average Bonchev–Trinajstić information content (AvgIpc) is 2.94. The monoisotopic (exact) mass is 378 g/mol. The van der Waals surface area contributed by atoms with Crippen molar-refractivity contribution >= 4 is 11.7 Å². The Morgan fingerprint density at radius 1 is 1.07 bits per heavy atom. The van der Waals surface area contributed by atoms with E-state index in [1.807, 2.05) is 48.9 Å². The van der Waals surface area contributed by atoms with Crippen molar-refractivity contribution in [3.8, 4) is 5.69 Å². The third-order valence-electron chi connectivity index (χ3n) is 7.32. The van der Waals surface area contributed by atoms with Crippen LogP contribution in [0.25, 0.3) is 5.69 Å². The number of urea groups is 1. The summed E-state index contributed by atoms with van der Waals surface area (Å²) in [6.45, 7) is 4.76. The molecule has 0 aliphatic heterocycles. The summed E-state index contributed by atoms with van der Waals surface area (Å²) in [6, 6.07) is 9.93. The Labute approximate surface area is 166 Å². The molecule has 0 saturated heterocycles. The molecule has 0 atom stereocenters. The van der Waals surface area contributed by atoms with E-state index < -0.39 is 0 Å². The Morgan fingerprint density at radius 2 is 1.68 bits per heavy atom. The van der Waals surface area contributed by atoms with Crippen LogP contribution in [0, 0.1) is 37.0 Å². The minimum Gasteiger partial charge on any atom is -0.337 e. The smallest absolute Gasteiger partial charge is 0.319 e. The zero-order valence-corrected chi connectivity index (χ0v) is 16.9. The molecular weight excluding hydrogens is 348 g/mol. The minimum atomic E-state index is -0.102. The first-order valence-corrected chi connectivity index (χ1v) is 10.7. The number of rotatable bonds is 4. The van der Waals surface area contributed by atoms with Crippen molar-refractivity contribution in [1.29, 1.82) is 0 Å². The Morgan fingerprint density at radius 3 is 2.29 bits per heavy atom. The van der Waals surface area contributed by atoms with Gasteiger partial charge in [0.25, 0.3) is 0 Å². The van der Waals surface area contributed by atoms with Crippen molar-refractivity contribution in [2.45, 2.75) is 52.4 Å². The van der Waals surface area contributed by atoms with Crippen LogP contribution in [-0.4, -0.2) is 22.4 Å². The first kappa shape index (κ1) is 17.8. The summed E-state index contributed by atoms with van der Waals surface area (Å²) in [5, 5.41) is 10.9. The lowest BCUT2D eigenvalue weighted by Crippen LogP contribution is -2.51. The number of nitrogens with zero attached hydrogens (tertiary/aromatic N) is 2. The number of carbonyl (C=O) groups is 1. The molecular formula is C23H30N4O. The molecule has 148 valence electrons. The van der Waals surface area contributed by atoms with Crippen molar-refractivity contribution in [3.05, 3.63) is 41.7 Å². The van der Waals surface area contributed by atoms with Gasteiger partial charge in [0.2, 0.25) is 0 Å². The second-order valence-electron chi connectivity index (χ2n) is 9.52. The fraction of sp³-hybridized carbons (Fsp3) is 0.565. The van der Waals surface area contributed by atoms with Crippen LogP contribution in [0.1, 0.15) is 49.9 Å². The minimum absolute atomic E-state index is 0.102. The number of aryl methyl sites for hydroxylation is 1. The van der Waals surface area contributed by atoms with Gasteiger partial charge in [0.1, 0.15) is 0 Å². The maximum atomic E-state index is 12.7. The van der Waals surface area contributed by atoms with E-state index in [4.69, 9.17) is 0 Å². The number of aromatic nitrogens is 2. The van der Waals surface area contributed by atoms with Crippen LogP contribution in [0.4, 0.5) is 10.5 Å². The van der Waals surface area contributed by atoms with E-state index in [1.54, 1.807) is 0 Å². The Kier molecular flexibility index (Phi) is 4.22. The normalized spacial score (nSPS) is 30.4. The molecule has 28 heavy (non-hydrogen) atoms. The van der Waals surface area contributed by atoms with Gasteiger partial charge < -0.3 is 10.6 Å². The van der Waals surface area contributed by atoms with Gasteiger partial charge >= 0.3 is 6.03 Å². The van der Waals surface area contributed by atoms with E-state index in [0.29, 0.717) is 5.41 Å². The maximum Gasteiger partial charge on any atom is 0.319 e. The van der Waals surface area contributed by atoms with Crippen LogP contribution in [0.2, 0.25) is 0 Å². The lowest BCUT2D eigenvalue weighted by atomic mass is 9.49. The molecule has 4 fully saturated rings. The number of anilines is 1. The van der Waals surface area contributed by atoms with Crippen LogP contribution in [0.15, 0.2) is 30.3 Å². The molecule has 0 unspecified atom stereocenters. The number of benzene rings is 1. The zero-order chi connectivity index (χ0) is 19.3. The molecule has 1 aromatic carbocycles. The summed E-state index contributed by atoms with van der Waals surface area (Å²) in [6.07, 6.45) is 8.23. The van der Waals surface area contributed by atoms with E-state index in [-0.39, 0.29) is 6.03 Å². The fourth-order valence-corrected chi connectivity index (χ4v) is 6.58. The van der Waals surface area contributed by atoms with Crippen LogP contribution < -0.4 is 10.6 Å². The first-order valence-electron chi connectivity index (χ1n) is 10.7. The summed E-state index contributed by atoms with van der Waals surface area (Å²) in [7, 11) is 0. The molecule has 4 saturated carbocycles. The van der Waals surface area contributed by atoms with Crippen molar-refractivity contribution in [1.82, 2.24) is 15.1 Å². The predicted molar refractivity (Wildman–Crippen MR) is 111 cm³/mol. The summed E-state index contributed by atoms with van der Waals surface area (Å²) in [5.74, 6) is 2.72. The number of nitrogens with one attached hydrogen (secondary N) is 2. The first-order chi connectivity index (χ1) is 13.5. The van der Waals surface area contributed by atoms with E-state index in [9.17, 15) is 4.79 Å². The van der Waals surface area contributed by atoms with Crippen molar-refractivity contribution in [2.75, 3.05) is 11.9 Å². The molecule has 5 nitrogen and oxygen atoms in total. The summed E-state index contributed by atoms with van der Waals surface area (Å²) >= 11 is 0. The van der Waals surface area contributed by atoms with Crippen molar-refractivity contribution in [2.24, 2.45) is 23.2 Å². The highest BCUT2D eigenvalue weighted by Gasteiger charge is 2.50. The van der Waals surface area contributed by atoms with Crippen LogP contribution in [0.5, 0.6) is 0 Å². The van der Waals surface area contributed by atoms with Crippen molar-refractivity contribution < 1.29 is 4.79 Å². The van der Waals surface area contributed by atoms with Gasteiger partial charge in [0, 0.05) is 6.54 Å². The Balaban J connectivity index is 1.26. The topological polar surface area (TPSA) is 59.0 Å². The van der Waals surface area contributed by atoms with Gasteiger partial charge in [-0.2, -0.15) is 5.10 Å². The summed E-state index contributed by atoms with van der Waals surface area (Å²) in [4.78, 5) is 12.7. The highest BCUT2D eigenvalue weighted by molar-refractivity contribution is 5.90. The molecule has 1 heterocycles. The SMILES string of the molecule is Cc1nn(-c2ccccc2)c(C)c1NC(=O)NCC12CC3CC(CC(C3)C1)C2. The molecule has 0 spiro atoms. The van der Waals surface area contributed by atoms with Gasteiger partial charge in [0.15, 0.2) is 0 Å². The second-order valence-corrected chi connectivity index (χ2v) is 9.52. The molecule has 4 aliphatic rings. The molecule has 0 radical (unpaired) electrons. The van der Waals surface area contributed by atoms with Crippen LogP contribution >= 0.6 is 0 Å². The van der Waals surface area contributed by atoms with E-state index in [2.05, 4.69) is 15.7 Å². The molecule has 5 heteroatoms. The van der Waals surface area contributed by atoms with Gasteiger partial charge in [0.05, 0.1) is 22.8 Å². The van der Waals surface area contributed by atoms with E-state index in [1.165, 1.54) is 38.5 Å². The van der Waals surface area contributed by atoms with E-state index in [0.717, 1.165) is 47.1 Å². The lowest BCUT2D eigenvalue weighted by Gasteiger charge is -2.56.